The van der Waals surface area contributed by atoms with Crippen molar-refractivity contribution in [2.45, 2.75) is 19.0 Å². The van der Waals surface area contributed by atoms with Crippen LogP contribution in [0.5, 0.6) is 0 Å². The van der Waals surface area contributed by atoms with Crippen molar-refractivity contribution < 1.29 is 0 Å². The second-order valence-corrected chi connectivity index (χ2v) is 6.75. The normalized spacial score (nSPS) is 11.3. The fourth-order valence-electron chi connectivity index (χ4n) is 1.47. The SMILES string of the molecule is CN(Cc1ccc(Cl)s1)Cc1nc(CCl)cs1. The van der Waals surface area contributed by atoms with E-state index in [0.29, 0.717) is 5.88 Å². The van der Waals surface area contributed by atoms with E-state index in [-0.39, 0.29) is 0 Å². The van der Waals surface area contributed by atoms with Crippen LogP contribution in [0.2, 0.25) is 4.34 Å². The van der Waals surface area contributed by atoms with Crippen LogP contribution in [-0.2, 0) is 19.0 Å². The molecular formula is C11H12Cl2N2S2. The Balaban J connectivity index is 1.90. The number of aromatic nitrogens is 1. The molecule has 6 heteroatoms. The first kappa shape index (κ1) is 13.3. The lowest BCUT2D eigenvalue weighted by Gasteiger charge is -2.13. The Morgan fingerprint density at radius 3 is 2.76 bits per heavy atom. The molecule has 0 atom stereocenters. The third-order valence-electron chi connectivity index (χ3n) is 2.20. The predicted molar refractivity (Wildman–Crippen MR) is 76.2 cm³/mol. The van der Waals surface area contributed by atoms with Crippen LogP contribution < -0.4 is 0 Å². The monoisotopic (exact) mass is 306 g/mol. The lowest BCUT2D eigenvalue weighted by atomic mass is 10.4. The Kier molecular flexibility index (Phi) is 4.82. The summed E-state index contributed by atoms with van der Waals surface area (Å²) >= 11 is 14.9. The van der Waals surface area contributed by atoms with E-state index in [4.69, 9.17) is 23.2 Å². The minimum Gasteiger partial charge on any atom is -0.295 e. The van der Waals surface area contributed by atoms with E-state index in [1.165, 1.54) is 4.88 Å². The summed E-state index contributed by atoms with van der Waals surface area (Å²) in [4.78, 5) is 7.93. The van der Waals surface area contributed by atoms with Crippen LogP contribution in [0.25, 0.3) is 0 Å². The van der Waals surface area contributed by atoms with Gasteiger partial charge < -0.3 is 0 Å². The van der Waals surface area contributed by atoms with Gasteiger partial charge in [0.25, 0.3) is 0 Å². The first-order chi connectivity index (χ1) is 8.17. The van der Waals surface area contributed by atoms with E-state index in [1.807, 2.05) is 11.4 Å². The Hall–Kier alpha value is -0.130. The van der Waals surface area contributed by atoms with Crippen LogP contribution in [0.1, 0.15) is 15.6 Å². The molecule has 0 amide bonds. The number of hydrogen-bond donors (Lipinski definition) is 0. The van der Waals surface area contributed by atoms with Crippen molar-refractivity contribution in [3.63, 3.8) is 0 Å². The maximum absolute atomic E-state index is 5.90. The smallest absolute Gasteiger partial charge is 0.107 e. The van der Waals surface area contributed by atoms with Gasteiger partial charge in [-0.1, -0.05) is 11.6 Å². The number of thiazole rings is 1. The van der Waals surface area contributed by atoms with E-state index in [2.05, 4.69) is 23.0 Å². The molecule has 92 valence electrons. The van der Waals surface area contributed by atoms with Crippen LogP contribution in [0.15, 0.2) is 17.5 Å². The molecule has 0 spiro atoms. The molecular weight excluding hydrogens is 295 g/mol. The van der Waals surface area contributed by atoms with Crippen LogP contribution in [-0.4, -0.2) is 16.9 Å². The van der Waals surface area contributed by atoms with Gasteiger partial charge in [0.15, 0.2) is 0 Å². The van der Waals surface area contributed by atoms with Crippen LogP contribution >= 0.6 is 45.9 Å². The highest BCUT2D eigenvalue weighted by atomic mass is 35.5. The molecule has 2 nitrogen and oxygen atoms in total. The number of nitrogens with zero attached hydrogens (tertiary/aromatic N) is 2. The molecule has 0 aliphatic rings. The van der Waals surface area contributed by atoms with Crippen molar-refractivity contribution in [2.75, 3.05) is 7.05 Å². The number of rotatable bonds is 5. The highest BCUT2D eigenvalue weighted by molar-refractivity contribution is 7.16. The maximum Gasteiger partial charge on any atom is 0.107 e. The van der Waals surface area contributed by atoms with Crippen molar-refractivity contribution in [1.82, 2.24) is 9.88 Å². The van der Waals surface area contributed by atoms with E-state index < -0.39 is 0 Å². The molecule has 0 N–H and O–H groups in total. The molecule has 0 saturated heterocycles. The first-order valence-corrected chi connectivity index (χ1v) is 7.70. The van der Waals surface area contributed by atoms with Gasteiger partial charge in [0, 0.05) is 16.8 Å². The standard InChI is InChI=1S/C11H12Cl2N2S2/c1-15(5-9-2-3-10(13)17-9)6-11-14-8(4-12)7-16-11/h2-3,7H,4-6H2,1H3. The van der Waals surface area contributed by atoms with Crippen molar-refractivity contribution in [2.24, 2.45) is 0 Å². The molecule has 2 rings (SSSR count). The predicted octanol–water partition coefficient (Wildman–Crippen LogP) is 4.23. The summed E-state index contributed by atoms with van der Waals surface area (Å²) in [5, 5.41) is 3.11. The number of hydrogen-bond acceptors (Lipinski definition) is 4. The molecule has 0 saturated carbocycles. The van der Waals surface area contributed by atoms with E-state index >= 15 is 0 Å². The average Bonchev–Trinajstić information content (AvgIpc) is 2.88. The van der Waals surface area contributed by atoms with Gasteiger partial charge in [-0.05, 0) is 19.2 Å². The lowest BCUT2D eigenvalue weighted by molar-refractivity contribution is 0.321. The zero-order chi connectivity index (χ0) is 12.3. The molecule has 0 unspecified atom stereocenters. The topological polar surface area (TPSA) is 16.1 Å². The minimum atomic E-state index is 0.487. The molecule has 0 aliphatic heterocycles. The third kappa shape index (κ3) is 3.93. The van der Waals surface area contributed by atoms with Crippen LogP contribution in [0.3, 0.4) is 0 Å². The second kappa shape index (κ2) is 6.16. The Morgan fingerprint density at radius 1 is 1.35 bits per heavy atom. The van der Waals surface area contributed by atoms with Crippen molar-refractivity contribution in [3.05, 3.63) is 37.4 Å². The Bertz CT molecular complexity index is 481. The molecule has 0 aliphatic carbocycles. The second-order valence-electron chi connectivity index (χ2n) is 3.74. The Labute approximate surface area is 119 Å². The zero-order valence-corrected chi connectivity index (χ0v) is 12.5. The van der Waals surface area contributed by atoms with Crippen LogP contribution in [0, 0.1) is 0 Å². The van der Waals surface area contributed by atoms with Gasteiger partial charge in [0.2, 0.25) is 0 Å². The summed E-state index contributed by atoms with van der Waals surface area (Å²) in [6.07, 6.45) is 0. The fourth-order valence-corrected chi connectivity index (χ4v) is 3.74. The van der Waals surface area contributed by atoms with E-state index in [0.717, 1.165) is 28.1 Å². The summed E-state index contributed by atoms with van der Waals surface area (Å²) in [6.45, 7) is 1.74. The molecule has 2 aromatic rings. The largest absolute Gasteiger partial charge is 0.295 e. The molecule has 17 heavy (non-hydrogen) atoms. The van der Waals surface area contributed by atoms with Gasteiger partial charge in [-0.2, -0.15) is 0 Å². The zero-order valence-electron chi connectivity index (χ0n) is 9.32. The molecule has 2 aromatic heterocycles. The molecule has 0 bridgehead atoms. The molecule has 0 radical (unpaired) electrons. The van der Waals surface area contributed by atoms with Gasteiger partial charge in [-0.25, -0.2) is 4.98 Å². The molecule has 0 fully saturated rings. The first-order valence-electron chi connectivity index (χ1n) is 5.09. The number of thiophene rings is 1. The summed E-state index contributed by atoms with van der Waals surface area (Å²) in [7, 11) is 2.08. The average molecular weight is 307 g/mol. The molecule has 0 aromatic carbocycles. The van der Waals surface area contributed by atoms with Crippen molar-refractivity contribution in [1.29, 1.82) is 0 Å². The Morgan fingerprint density at radius 2 is 2.18 bits per heavy atom. The lowest BCUT2D eigenvalue weighted by Crippen LogP contribution is -2.16. The highest BCUT2D eigenvalue weighted by Crippen LogP contribution is 2.23. The van der Waals surface area contributed by atoms with Gasteiger partial charge in [0.05, 0.1) is 22.5 Å². The summed E-state index contributed by atoms with van der Waals surface area (Å²) in [6, 6.07) is 4.00. The van der Waals surface area contributed by atoms with Gasteiger partial charge in [0.1, 0.15) is 5.01 Å². The van der Waals surface area contributed by atoms with Crippen molar-refractivity contribution >= 4 is 45.9 Å². The van der Waals surface area contributed by atoms with Gasteiger partial charge >= 0.3 is 0 Å². The number of halogens is 2. The quantitative estimate of drug-likeness (QED) is 0.769. The van der Waals surface area contributed by atoms with E-state index in [9.17, 15) is 0 Å². The van der Waals surface area contributed by atoms with Gasteiger partial charge in [-0.3, -0.25) is 4.90 Å². The van der Waals surface area contributed by atoms with Crippen LogP contribution in [0.4, 0.5) is 0 Å². The summed E-state index contributed by atoms with van der Waals surface area (Å²) in [5.74, 6) is 0.487. The fraction of sp³-hybridized carbons (Fsp3) is 0.364. The molecule has 2 heterocycles. The third-order valence-corrected chi connectivity index (χ3v) is 4.57. The summed E-state index contributed by atoms with van der Waals surface area (Å²) < 4.78 is 0.840. The number of alkyl halides is 1. The highest BCUT2D eigenvalue weighted by Gasteiger charge is 2.07. The maximum atomic E-state index is 5.90. The minimum absolute atomic E-state index is 0.487. The van der Waals surface area contributed by atoms with Gasteiger partial charge in [-0.15, -0.1) is 34.3 Å². The van der Waals surface area contributed by atoms with Crippen molar-refractivity contribution in [3.8, 4) is 0 Å². The summed E-state index contributed by atoms with van der Waals surface area (Å²) in [5.41, 5.74) is 0.958. The van der Waals surface area contributed by atoms with E-state index in [1.54, 1.807) is 22.7 Å².